The third-order valence-electron chi connectivity index (χ3n) is 4.73. The molecule has 0 aliphatic heterocycles. The summed E-state index contributed by atoms with van der Waals surface area (Å²) in [6.45, 7) is 3.55. The summed E-state index contributed by atoms with van der Waals surface area (Å²) in [5.41, 5.74) is 2.44. The fraction of sp³-hybridized carbons (Fsp3) is 0.238. The lowest BCUT2D eigenvalue weighted by atomic mass is 10.1. The van der Waals surface area contributed by atoms with Crippen molar-refractivity contribution in [3.05, 3.63) is 70.1 Å². The van der Waals surface area contributed by atoms with E-state index in [4.69, 9.17) is 0 Å². The molecule has 7 heteroatoms. The van der Waals surface area contributed by atoms with E-state index >= 15 is 0 Å². The molecule has 0 saturated heterocycles. The molecule has 3 aromatic rings. The predicted octanol–water partition coefficient (Wildman–Crippen LogP) is 2.11. The van der Waals surface area contributed by atoms with Gasteiger partial charge >= 0.3 is 0 Å². The van der Waals surface area contributed by atoms with Crippen LogP contribution in [0.1, 0.15) is 11.1 Å². The van der Waals surface area contributed by atoms with Crippen molar-refractivity contribution >= 4 is 28.3 Å². The molecule has 0 aliphatic rings. The third-order valence-corrected chi connectivity index (χ3v) is 4.73. The lowest BCUT2D eigenvalue weighted by Crippen LogP contribution is -2.39. The van der Waals surface area contributed by atoms with E-state index in [1.54, 1.807) is 24.4 Å². The minimum Gasteiger partial charge on any atom is -0.335 e. The summed E-state index contributed by atoms with van der Waals surface area (Å²) in [5.74, 6) is -0.677. The van der Waals surface area contributed by atoms with Gasteiger partial charge in [0.25, 0.3) is 5.56 Å². The molecule has 2 amide bonds. The SMILES string of the molecule is Cc1cccc(NC(=O)CN(C)C(=O)Cn2ncc3ccccc3c2=O)c1C. The number of carbonyl (C=O) groups excluding carboxylic acids is 2. The molecule has 0 unspecified atom stereocenters. The minimum atomic E-state index is -0.374. The maximum absolute atomic E-state index is 12.5. The summed E-state index contributed by atoms with van der Waals surface area (Å²) in [4.78, 5) is 38.5. The van der Waals surface area contributed by atoms with Gasteiger partial charge in [-0.2, -0.15) is 5.10 Å². The first-order valence-corrected chi connectivity index (χ1v) is 8.91. The first-order valence-electron chi connectivity index (χ1n) is 8.91. The molecule has 1 N–H and O–H groups in total. The Morgan fingerprint density at radius 2 is 1.86 bits per heavy atom. The first kappa shape index (κ1) is 19.3. The Morgan fingerprint density at radius 3 is 2.64 bits per heavy atom. The average molecular weight is 378 g/mol. The number of carbonyl (C=O) groups is 2. The largest absolute Gasteiger partial charge is 0.335 e. The highest BCUT2D eigenvalue weighted by molar-refractivity contribution is 5.95. The van der Waals surface area contributed by atoms with E-state index in [-0.39, 0.29) is 30.5 Å². The molecule has 0 radical (unpaired) electrons. The van der Waals surface area contributed by atoms with Crippen molar-refractivity contribution in [2.75, 3.05) is 18.9 Å². The molecule has 0 fully saturated rings. The van der Waals surface area contributed by atoms with Gasteiger partial charge in [-0.05, 0) is 37.1 Å². The van der Waals surface area contributed by atoms with Crippen LogP contribution in [0.15, 0.2) is 53.5 Å². The minimum absolute atomic E-state index is 0.117. The molecule has 0 spiro atoms. The lowest BCUT2D eigenvalue weighted by Gasteiger charge is -2.18. The van der Waals surface area contributed by atoms with E-state index in [2.05, 4.69) is 10.4 Å². The fourth-order valence-corrected chi connectivity index (χ4v) is 2.87. The number of aryl methyl sites for hydroxylation is 1. The number of anilines is 1. The van der Waals surface area contributed by atoms with Crippen LogP contribution in [0.25, 0.3) is 10.8 Å². The van der Waals surface area contributed by atoms with Crippen molar-refractivity contribution in [1.29, 1.82) is 0 Å². The van der Waals surface area contributed by atoms with E-state index in [0.29, 0.717) is 5.39 Å². The number of likely N-dealkylation sites (N-methyl/N-ethyl adjacent to an activating group) is 1. The van der Waals surface area contributed by atoms with Crippen molar-refractivity contribution in [3.63, 3.8) is 0 Å². The van der Waals surface area contributed by atoms with Crippen molar-refractivity contribution in [3.8, 4) is 0 Å². The molecule has 0 aliphatic carbocycles. The number of benzene rings is 2. The van der Waals surface area contributed by atoms with Crippen LogP contribution in [0.5, 0.6) is 0 Å². The van der Waals surface area contributed by atoms with Crippen LogP contribution in [-0.2, 0) is 16.1 Å². The molecule has 144 valence electrons. The summed E-state index contributed by atoms with van der Waals surface area (Å²) in [5, 5.41) is 8.09. The van der Waals surface area contributed by atoms with Crippen LogP contribution in [0, 0.1) is 13.8 Å². The summed E-state index contributed by atoms with van der Waals surface area (Å²) in [6, 6.07) is 12.7. The Labute approximate surface area is 162 Å². The van der Waals surface area contributed by atoms with Crippen molar-refractivity contribution in [1.82, 2.24) is 14.7 Å². The average Bonchev–Trinajstić information content (AvgIpc) is 2.67. The Kier molecular flexibility index (Phi) is 5.54. The molecule has 2 aromatic carbocycles. The number of amides is 2. The van der Waals surface area contributed by atoms with Gasteiger partial charge in [0.15, 0.2) is 0 Å². The highest BCUT2D eigenvalue weighted by atomic mass is 16.2. The second-order valence-electron chi connectivity index (χ2n) is 6.74. The van der Waals surface area contributed by atoms with E-state index in [0.717, 1.165) is 26.9 Å². The molecule has 0 atom stereocenters. The fourth-order valence-electron chi connectivity index (χ4n) is 2.87. The molecular formula is C21H22N4O3. The lowest BCUT2D eigenvalue weighted by molar-refractivity contribution is -0.134. The van der Waals surface area contributed by atoms with Gasteiger partial charge in [-0.3, -0.25) is 14.4 Å². The predicted molar refractivity (Wildman–Crippen MR) is 108 cm³/mol. The van der Waals surface area contributed by atoms with Crippen molar-refractivity contribution < 1.29 is 9.59 Å². The van der Waals surface area contributed by atoms with Gasteiger partial charge in [-0.25, -0.2) is 4.68 Å². The van der Waals surface area contributed by atoms with Gasteiger partial charge in [0, 0.05) is 18.1 Å². The zero-order chi connectivity index (χ0) is 20.3. The second-order valence-corrected chi connectivity index (χ2v) is 6.74. The van der Waals surface area contributed by atoms with Gasteiger partial charge in [0.1, 0.15) is 6.54 Å². The number of hydrogen-bond acceptors (Lipinski definition) is 4. The van der Waals surface area contributed by atoms with E-state index in [1.807, 2.05) is 38.1 Å². The van der Waals surface area contributed by atoms with Gasteiger partial charge < -0.3 is 10.2 Å². The van der Waals surface area contributed by atoms with Crippen LogP contribution in [0.3, 0.4) is 0 Å². The Hall–Kier alpha value is -3.48. The van der Waals surface area contributed by atoms with Crippen LogP contribution < -0.4 is 10.9 Å². The smallest absolute Gasteiger partial charge is 0.275 e. The second kappa shape index (κ2) is 8.04. The summed E-state index contributed by atoms with van der Waals surface area (Å²) < 4.78 is 1.11. The first-order chi connectivity index (χ1) is 13.4. The van der Waals surface area contributed by atoms with E-state index < -0.39 is 0 Å². The van der Waals surface area contributed by atoms with Crippen molar-refractivity contribution in [2.45, 2.75) is 20.4 Å². The molecular weight excluding hydrogens is 356 g/mol. The highest BCUT2D eigenvalue weighted by Gasteiger charge is 2.16. The zero-order valence-electron chi connectivity index (χ0n) is 16.1. The Morgan fingerprint density at radius 1 is 1.11 bits per heavy atom. The van der Waals surface area contributed by atoms with Gasteiger partial charge in [-0.1, -0.05) is 30.3 Å². The van der Waals surface area contributed by atoms with Crippen LogP contribution in [0.2, 0.25) is 0 Å². The molecule has 7 nitrogen and oxygen atoms in total. The number of nitrogens with zero attached hydrogens (tertiary/aromatic N) is 3. The molecule has 1 aromatic heterocycles. The number of aromatic nitrogens is 2. The molecule has 0 saturated carbocycles. The molecule has 1 heterocycles. The van der Waals surface area contributed by atoms with Gasteiger partial charge in [-0.15, -0.1) is 0 Å². The quantitative estimate of drug-likeness (QED) is 0.737. The Balaban J connectivity index is 1.66. The van der Waals surface area contributed by atoms with Crippen LogP contribution >= 0.6 is 0 Å². The van der Waals surface area contributed by atoms with Crippen LogP contribution in [-0.4, -0.2) is 40.1 Å². The maximum Gasteiger partial charge on any atom is 0.275 e. The number of rotatable bonds is 5. The van der Waals surface area contributed by atoms with Gasteiger partial charge in [0.2, 0.25) is 11.8 Å². The van der Waals surface area contributed by atoms with Gasteiger partial charge in [0.05, 0.1) is 18.1 Å². The summed E-state index contributed by atoms with van der Waals surface area (Å²) in [6.07, 6.45) is 1.55. The van der Waals surface area contributed by atoms with E-state index in [9.17, 15) is 14.4 Å². The summed E-state index contributed by atoms with van der Waals surface area (Å²) >= 11 is 0. The molecule has 0 bridgehead atoms. The Bertz CT molecular complexity index is 1100. The maximum atomic E-state index is 12.5. The molecule has 28 heavy (non-hydrogen) atoms. The molecule has 3 rings (SSSR count). The van der Waals surface area contributed by atoms with Crippen molar-refractivity contribution in [2.24, 2.45) is 0 Å². The zero-order valence-corrected chi connectivity index (χ0v) is 16.1. The van der Waals surface area contributed by atoms with Crippen LogP contribution in [0.4, 0.5) is 5.69 Å². The third kappa shape index (κ3) is 4.09. The normalized spacial score (nSPS) is 10.7. The highest BCUT2D eigenvalue weighted by Crippen LogP contribution is 2.17. The number of fused-ring (bicyclic) bond motifs is 1. The topological polar surface area (TPSA) is 84.3 Å². The summed E-state index contributed by atoms with van der Waals surface area (Å²) in [7, 11) is 1.52. The number of nitrogens with one attached hydrogen (secondary N) is 1. The standard InChI is InChI=1S/C21H22N4O3/c1-14-7-6-10-18(15(14)2)23-19(26)12-24(3)20(27)13-25-21(28)17-9-5-4-8-16(17)11-22-25/h4-11H,12-13H2,1-3H3,(H,23,26). The van der Waals surface area contributed by atoms with E-state index in [1.165, 1.54) is 11.9 Å². The monoisotopic (exact) mass is 378 g/mol. The number of hydrogen-bond donors (Lipinski definition) is 1.